The number of nitrogens with zero attached hydrogens (tertiary/aromatic N) is 3. The molecule has 0 bridgehead atoms. The first-order valence-electron chi connectivity index (χ1n) is 9.65. The Kier molecular flexibility index (Phi) is 10.8. The molecule has 6 nitrogen and oxygen atoms in total. The summed E-state index contributed by atoms with van der Waals surface area (Å²) >= 11 is 1.09. The molecule has 0 radical (unpaired) electrons. The Morgan fingerprint density at radius 3 is 2.28 bits per heavy atom. The van der Waals surface area contributed by atoms with Gasteiger partial charge in [-0.3, -0.25) is 0 Å². The molecule has 0 saturated heterocycles. The normalized spacial score (nSPS) is 9.97. The molecular formula is C23H25F2N3O3S. The van der Waals surface area contributed by atoms with E-state index in [4.69, 9.17) is 9.84 Å². The number of ether oxygens (including phenoxy) is 1. The van der Waals surface area contributed by atoms with E-state index in [1.54, 1.807) is 45.2 Å². The second-order valence-corrected chi connectivity index (χ2v) is 6.91. The molecule has 0 aliphatic heterocycles. The average molecular weight is 462 g/mol. The van der Waals surface area contributed by atoms with E-state index < -0.39 is 17.6 Å². The smallest absolute Gasteiger partial charge is 0.347 e. The number of thiazole rings is 1. The monoisotopic (exact) mass is 461 g/mol. The standard InChI is InChI=1S/C18H13F2NO3S.C3H6N2.C2H6/c1-9-7-11(17-21-10(2)16(25-17)18(22)23)3-5-14(9)24-15-6-4-12(19)8-13(15)20;1-3-5-4-2;1-2/h3-8H,1-2H3,(H,22,23);3H,2H2,1H3;1-2H3/b;5-3-;. The van der Waals surface area contributed by atoms with Gasteiger partial charge < -0.3 is 9.84 Å². The van der Waals surface area contributed by atoms with Crippen LogP contribution in [0.4, 0.5) is 8.78 Å². The summed E-state index contributed by atoms with van der Waals surface area (Å²) in [7, 11) is 0. The summed E-state index contributed by atoms with van der Waals surface area (Å²) in [6.45, 7) is 12.3. The van der Waals surface area contributed by atoms with E-state index in [1.165, 1.54) is 6.07 Å². The summed E-state index contributed by atoms with van der Waals surface area (Å²) in [5, 5.41) is 16.2. The largest absolute Gasteiger partial charge is 0.477 e. The van der Waals surface area contributed by atoms with Gasteiger partial charge in [0.15, 0.2) is 11.6 Å². The molecule has 1 heterocycles. The van der Waals surface area contributed by atoms with Crippen LogP contribution in [0, 0.1) is 25.5 Å². The quantitative estimate of drug-likeness (QED) is 0.330. The third-order valence-electron chi connectivity index (χ3n) is 3.72. The van der Waals surface area contributed by atoms with Crippen LogP contribution < -0.4 is 4.74 Å². The van der Waals surface area contributed by atoms with Crippen LogP contribution >= 0.6 is 11.3 Å². The van der Waals surface area contributed by atoms with Gasteiger partial charge in [-0.1, -0.05) is 13.8 Å². The highest BCUT2D eigenvalue weighted by molar-refractivity contribution is 7.17. The minimum Gasteiger partial charge on any atom is -0.477 e. The zero-order valence-electron chi connectivity index (χ0n) is 18.5. The molecular weight excluding hydrogens is 436 g/mol. The number of rotatable bonds is 5. The second-order valence-electron chi connectivity index (χ2n) is 5.91. The van der Waals surface area contributed by atoms with E-state index in [0.29, 0.717) is 22.0 Å². The molecule has 170 valence electrons. The van der Waals surface area contributed by atoms with Crippen LogP contribution in [0.1, 0.15) is 41.7 Å². The van der Waals surface area contributed by atoms with Crippen LogP contribution in [0.3, 0.4) is 0 Å². The molecule has 0 saturated carbocycles. The molecule has 32 heavy (non-hydrogen) atoms. The maximum absolute atomic E-state index is 13.7. The topological polar surface area (TPSA) is 84.1 Å². The first kappa shape index (κ1) is 26.6. The fraction of sp³-hybridized carbons (Fsp3) is 0.217. The number of carbonyl (C=O) groups is 1. The number of benzene rings is 2. The van der Waals surface area contributed by atoms with Gasteiger partial charge in [0.05, 0.1) is 5.69 Å². The van der Waals surface area contributed by atoms with Crippen molar-refractivity contribution in [1.82, 2.24) is 4.98 Å². The van der Waals surface area contributed by atoms with Crippen molar-refractivity contribution < 1.29 is 23.4 Å². The number of halogens is 2. The molecule has 1 N–H and O–H groups in total. The Morgan fingerprint density at radius 2 is 1.81 bits per heavy atom. The van der Waals surface area contributed by atoms with Gasteiger partial charge in [-0.2, -0.15) is 10.2 Å². The summed E-state index contributed by atoms with van der Waals surface area (Å²) in [6, 6.07) is 8.24. The van der Waals surface area contributed by atoms with E-state index in [1.807, 2.05) is 13.8 Å². The fourth-order valence-electron chi connectivity index (χ4n) is 2.37. The van der Waals surface area contributed by atoms with Crippen molar-refractivity contribution in [2.75, 3.05) is 0 Å². The number of hydrogen-bond acceptors (Lipinski definition) is 6. The molecule has 0 atom stereocenters. The zero-order chi connectivity index (χ0) is 24.3. The van der Waals surface area contributed by atoms with Crippen molar-refractivity contribution in [2.45, 2.75) is 34.6 Å². The first-order chi connectivity index (χ1) is 15.3. The first-order valence-corrected chi connectivity index (χ1v) is 10.5. The Bertz CT molecular complexity index is 1100. The van der Waals surface area contributed by atoms with Crippen LogP contribution in [0.25, 0.3) is 10.6 Å². The summed E-state index contributed by atoms with van der Waals surface area (Å²) < 4.78 is 32.2. The van der Waals surface area contributed by atoms with Gasteiger partial charge in [0.1, 0.15) is 21.5 Å². The molecule has 0 fully saturated rings. The molecule has 1 aromatic heterocycles. The van der Waals surface area contributed by atoms with Crippen LogP contribution in [0.5, 0.6) is 11.5 Å². The number of carboxylic acids is 1. The van der Waals surface area contributed by atoms with E-state index in [0.717, 1.165) is 29.0 Å². The van der Waals surface area contributed by atoms with Gasteiger partial charge in [-0.25, -0.2) is 18.6 Å². The van der Waals surface area contributed by atoms with Crippen molar-refractivity contribution in [3.63, 3.8) is 0 Å². The Balaban J connectivity index is 0.000000646. The zero-order valence-corrected chi connectivity index (χ0v) is 19.3. The number of aromatic nitrogens is 1. The lowest BCUT2D eigenvalue weighted by Crippen LogP contribution is -1.94. The van der Waals surface area contributed by atoms with Crippen molar-refractivity contribution in [3.05, 3.63) is 64.2 Å². The van der Waals surface area contributed by atoms with Crippen LogP contribution in [-0.4, -0.2) is 29.0 Å². The van der Waals surface area contributed by atoms with E-state index in [9.17, 15) is 13.6 Å². The SMILES string of the molecule is C=N/N=C\C.CC.Cc1cc(-c2nc(C)c(C(=O)O)s2)ccc1Oc1ccc(F)cc1F. The molecule has 9 heteroatoms. The molecule has 0 amide bonds. The number of aryl methyl sites for hydroxylation is 2. The lowest BCUT2D eigenvalue weighted by Gasteiger charge is -2.10. The molecule has 0 aliphatic rings. The van der Waals surface area contributed by atoms with Gasteiger partial charge in [0, 0.05) is 24.6 Å². The van der Waals surface area contributed by atoms with Crippen molar-refractivity contribution >= 4 is 30.2 Å². The van der Waals surface area contributed by atoms with E-state index in [2.05, 4.69) is 21.9 Å². The van der Waals surface area contributed by atoms with Gasteiger partial charge in [0.25, 0.3) is 0 Å². The summed E-state index contributed by atoms with van der Waals surface area (Å²) in [4.78, 5) is 15.6. The maximum Gasteiger partial charge on any atom is 0.347 e. The van der Waals surface area contributed by atoms with Gasteiger partial charge in [0.2, 0.25) is 0 Å². The van der Waals surface area contributed by atoms with Crippen molar-refractivity contribution in [1.29, 1.82) is 0 Å². The highest BCUT2D eigenvalue weighted by atomic mass is 32.1. The van der Waals surface area contributed by atoms with E-state index in [-0.39, 0.29) is 10.6 Å². The summed E-state index contributed by atoms with van der Waals surface area (Å²) in [5.74, 6) is -2.13. The maximum atomic E-state index is 13.7. The number of aromatic carboxylic acids is 1. The average Bonchev–Trinajstić information content (AvgIpc) is 3.16. The van der Waals surface area contributed by atoms with Crippen LogP contribution in [0.15, 0.2) is 46.6 Å². The van der Waals surface area contributed by atoms with Crippen LogP contribution in [0.2, 0.25) is 0 Å². The lowest BCUT2D eigenvalue weighted by atomic mass is 10.1. The molecule has 0 spiro atoms. The third-order valence-corrected chi connectivity index (χ3v) is 4.92. The van der Waals surface area contributed by atoms with Gasteiger partial charge >= 0.3 is 5.97 Å². The highest BCUT2D eigenvalue weighted by Gasteiger charge is 2.16. The van der Waals surface area contributed by atoms with Crippen LogP contribution in [-0.2, 0) is 0 Å². The Hall–Kier alpha value is -3.46. The predicted molar refractivity (Wildman–Crippen MR) is 125 cm³/mol. The number of carboxylic acid groups (broad SMARTS) is 1. The second kappa shape index (κ2) is 13.1. The van der Waals surface area contributed by atoms with Gasteiger partial charge in [-0.15, -0.1) is 11.3 Å². The summed E-state index contributed by atoms with van der Waals surface area (Å²) in [5.41, 5.74) is 1.91. The minimum absolute atomic E-state index is 0.0736. The van der Waals surface area contributed by atoms with Gasteiger partial charge in [-0.05, 0) is 56.7 Å². The Labute approximate surface area is 189 Å². The molecule has 3 aromatic rings. The lowest BCUT2D eigenvalue weighted by molar-refractivity contribution is 0.0701. The molecule has 2 aromatic carbocycles. The van der Waals surface area contributed by atoms with Crippen molar-refractivity contribution in [2.24, 2.45) is 10.2 Å². The fourth-order valence-corrected chi connectivity index (χ4v) is 3.27. The van der Waals surface area contributed by atoms with E-state index >= 15 is 0 Å². The molecule has 0 aliphatic carbocycles. The summed E-state index contributed by atoms with van der Waals surface area (Å²) in [6.07, 6.45) is 1.58. The van der Waals surface area contributed by atoms with Crippen molar-refractivity contribution in [3.8, 4) is 22.1 Å². The minimum atomic E-state index is -1.01. The molecule has 0 unspecified atom stereocenters. The highest BCUT2D eigenvalue weighted by Crippen LogP contribution is 2.33. The third kappa shape index (κ3) is 7.35. The molecule has 3 rings (SSSR count). The Morgan fingerprint density at radius 1 is 1.16 bits per heavy atom. The number of hydrogen-bond donors (Lipinski definition) is 1. The predicted octanol–water partition coefficient (Wildman–Crippen LogP) is 6.91.